The maximum absolute atomic E-state index is 11.8. The molecule has 0 atom stereocenters. The second kappa shape index (κ2) is 4.18. The Morgan fingerprint density at radius 1 is 1.47 bits per heavy atom. The summed E-state index contributed by atoms with van der Waals surface area (Å²) < 4.78 is 0. The maximum atomic E-state index is 11.8. The minimum absolute atomic E-state index is 0.0339. The van der Waals surface area contributed by atoms with Crippen molar-refractivity contribution in [2.75, 3.05) is 20.1 Å². The molecule has 0 unspecified atom stereocenters. The second-order valence-corrected chi connectivity index (χ2v) is 4.55. The number of rotatable bonds is 4. The van der Waals surface area contributed by atoms with Crippen LogP contribution in [0.2, 0.25) is 0 Å². The van der Waals surface area contributed by atoms with E-state index < -0.39 is 11.5 Å². The van der Waals surface area contributed by atoms with Gasteiger partial charge in [0.15, 0.2) is 0 Å². The van der Waals surface area contributed by atoms with Crippen LogP contribution in [0.4, 0.5) is 0 Å². The maximum Gasteiger partial charge on any atom is 0.303 e. The Bertz CT molecular complexity index is 270. The van der Waals surface area contributed by atoms with E-state index in [0.29, 0.717) is 13.1 Å². The molecule has 1 fully saturated rings. The quantitative estimate of drug-likeness (QED) is 0.686. The van der Waals surface area contributed by atoms with Crippen LogP contribution in [0, 0.1) is 5.92 Å². The number of carboxylic acids is 1. The van der Waals surface area contributed by atoms with Gasteiger partial charge in [0.1, 0.15) is 0 Å². The third-order valence-corrected chi connectivity index (χ3v) is 2.87. The molecule has 1 rings (SSSR count). The van der Waals surface area contributed by atoms with Crippen LogP contribution in [0.25, 0.3) is 0 Å². The van der Waals surface area contributed by atoms with Gasteiger partial charge in [0, 0.05) is 19.0 Å². The zero-order valence-corrected chi connectivity index (χ0v) is 9.41. The highest BCUT2D eigenvalue weighted by Crippen LogP contribution is 2.22. The predicted octanol–water partition coefficient (Wildman–Crippen LogP) is -0.0825. The van der Waals surface area contributed by atoms with Crippen molar-refractivity contribution < 1.29 is 14.7 Å². The van der Waals surface area contributed by atoms with E-state index in [1.807, 2.05) is 13.8 Å². The van der Waals surface area contributed by atoms with E-state index in [2.05, 4.69) is 5.32 Å². The molecule has 0 aromatic carbocycles. The van der Waals surface area contributed by atoms with Gasteiger partial charge in [-0.2, -0.15) is 0 Å². The molecule has 1 amide bonds. The summed E-state index contributed by atoms with van der Waals surface area (Å²) in [4.78, 5) is 23.9. The molecule has 0 aromatic heterocycles. The number of likely N-dealkylation sites (N-methyl/N-ethyl adjacent to an activating group) is 1. The van der Waals surface area contributed by atoms with Gasteiger partial charge in [-0.05, 0) is 20.9 Å². The number of carbonyl (C=O) groups is 2. The van der Waals surface area contributed by atoms with Gasteiger partial charge < -0.3 is 15.3 Å². The standard InChI is InChI=1S/C10H18N2O3/c1-10(2,11-3)9(15)12-5-7(6-12)4-8(13)14/h7,11H,4-6H2,1-3H3,(H,13,14). The Morgan fingerprint density at radius 3 is 2.40 bits per heavy atom. The predicted molar refractivity (Wildman–Crippen MR) is 55.5 cm³/mol. The van der Waals surface area contributed by atoms with Gasteiger partial charge in [-0.25, -0.2) is 0 Å². The van der Waals surface area contributed by atoms with Gasteiger partial charge in [0.2, 0.25) is 5.91 Å². The average Bonchev–Trinajstić information content (AvgIpc) is 2.09. The minimum Gasteiger partial charge on any atom is -0.481 e. The largest absolute Gasteiger partial charge is 0.481 e. The van der Waals surface area contributed by atoms with Crippen molar-refractivity contribution >= 4 is 11.9 Å². The van der Waals surface area contributed by atoms with Crippen molar-refractivity contribution in [2.24, 2.45) is 5.92 Å². The average molecular weight is 214 g/mol. The molecule has 2 N–H and O–H groups in total. The fourth-order valence-corrected chi connectivity index (χ4v) is 1.61. The first kappa shape index (κ1) is 12.0. The number of hydrogen-bond donors (Lipinski definition) is 2. The van der Waals surface area contributed by atoms with Crippen molar-refractivity contribution in [1.29, 1.82) is 0 Å². The summed E-state index contributed by atoms with van der Waals surface area (Å²) in [5.74, 6) is -0.634. The van der Waals surface area contributed by atoms with Crippen LogP contribution in [-0.2, 0) is 9.59 Å². The summed E-state index contributed by atoms with van der Waals surface area (Å²) in [6.45, 7) is 4.77. The first-order valence-electron chi connectivity index (χ1n) is 5.07. The van der Waals surface area contributed by atoms with Crippen LogP contribution >= 0.6 is 0 Å². The summed E-state index contributed by atoms with van der Waals surface area (Å²) in [6, 6.07) is 0. The Labute approximate surface area is 89.4 Å². The first-order valence-corrected chi connectivity index (χ1v) is 5.07. The van der Waals surface area contributed by atoms with Gasteiger partial charge in [-0.3, -0.25) is 9.59 Å². The number of nitrogens with one attached hydrogen (secondary N) is 1. The SMILES string of the molecule is CNC(C)(C)C(=O)N1CC(CC(=O)O)C1. The lowest BCUT2D eigenvalue weighted by molar-refractivity contribution is -0.148. The van der Waals surface area contributed by atoms with Crippen LogP contribution in [0.3, 0.4) is 0 Å². The van der Waals surface area contributed by atoms with E-state index in [0.717, 1.165) is 0 Å². The van der Waals surface area contributed by atoms with Crippen molar-refractivity contribution in [3.63, 3.8) is 0 Å². The Kier molecular flexibility index (Phi) is 3.34. The van der Waals surface area contributed by atoms with Gasteiger partial charge in [0.25, 0.3) is 0 Å². The molecular formula is C10H18N2O3. The topological polar surface area (TPSA) is 69.6 Å². The van der Waals surface area contributed by atoms with Crippen molar-refractivity contribution in [3.05, 3.63) is 0 Å². The molecular weight excluding hydrogens is 196 g/mol. The van der Waals surface area contributed by atoms with Crippen molar-refractivity contribution in [3.8, 4) is 0 Å². The van der Waals surface area contributed by atoms with Crippen LogP contribution in [-0.4, -0.2) is 47.6 Å². The highest BCUT2D eigenvalue weighted by Gasteiger charge is 2.38. The molecule has 0 radical (unpaired) electrons. The second-order valence-electron chi connectivity index (χ2n) is 4.55. The summed E-state index contributed by atoms with van der Waals surface area (Å²) >= 11 is 0. The molecule has 1 aliphatic heterocycles. The van der Waals surface area contributed by atoms with Crippen molar-refractivity contribution in [1.82, 2.24) is 10.2 Å². The Morgan fingerprint density at radius 2 is 2.00 bits per heavy atom. The van der Waals surface area contributed by atoms with Crippen LogP contribution in [0.5, 0.6) is 0 Å². The monoisotopic (exact) mass is 214 g/mol. The smallest absolute Gasteiger partial charge is 0.303 e. The molecule has 0 saturated carbocycles. The van der Waals surface area contributed by atoms with E-state index in [1.165, 1.54) is 0 Å². The van der Waals surface area contributed by atoms with E-state index >= 15 is 0 Å². The summed E-state index contributed by atoms with van der Waals surface area (Å²) in [6.07, 6.45) is 0.157. The van der Waals surface area contributed by atoms with Gasteiger partial charge >= 0.3 is 5.97 Å². The number of carbonyl (C=O) groups excluding carboxylic acids is 1. The number of carboxylic acid groups (broad SMARTS) is 1. The van der Waals surface area contributed by atoms with E-state index in [4.69, 9.17) is 5.11 Å². The van der Waals surface area contributed by atoms with E-state index in [9.17, 15) is 9.59 Å². The first-order chi connectivity index (χ1) is 6.86. The highest BCUT2D eigenvalue weighted by atomic mass is 16.4. The molecule has 5 heteroatoms. The fourth-order valence-electron chi connectivity index (χ4n) is 1.61. The lowest BCUT2D eigenvalue weighted by Crippen LogP contribution is -2.60. The molecule has 15 heavy (non-hydrogen) atoms. The molecule has 0 aromatic rings. The number of hydrogen-bond acceptors (Lipinski definition) is 3. The van der Waals surface area contributed by atoms with Gasteiger partial charge in [-0.1, -0.05) is 0 Å². The zero-order chi connectivity index (χ0) is 11.6. The lowest BCUT2D eigenvalue weighted by atomic mass is 9.93. The van der Waals surface area contributed by atoms with Gasteiger partial charge in [0.05, 0.1) is 12.0 Å². The third-order valence-electron chi connectivity index (χ3n) is 2.87. The van der Waals surface area contributed by atoms with Crippen LogP contribution < -0.4 is 5.32 Å². The van der Waals surface area contributed by atoms with Crippen molar-refractivity contribution in [2.45, 2.75) is 25.8 Å². The number of aliphatic carboxylic acids is 1. The molecule has 0 bridgehead atoms. The Balaban J connectivity index is 2.39. The molecule has 1 heterocycles. The molecule has 0 aliphatic carbocycles. The number of amides is 1. The Hall–Kier alpha value is -1.10. The molecule has 0 spiro atoms. The highest BCUT2D eigenvalue weighted by molar-refractivity contribution is 5.86. The summed E-state index contributed by atoms with van der Waals surface area (Å²) in [5.41, 5.74) is -0.561. The molecule has 1 saturated heterocycles. The third kappa shape index (κ3) is 2.68. The molecule has 86 valence electrons. The van der Waals surface area contributed by atoms with E-state index in [-0.39, 0.29) is 18.2 Å². The normalized spacial score (nSPS) is 17.4. The fraction of sp³-hybridized carbons (Fsp3) is 0.800. The van der Waals surface area contributed by atoms with Gasteiger partial charge in [-0.15, -0.1) is 0 Å². The summed E-state index contributed by atoms with van der Waals surface area (Å²) in [7, 11) is 1.74. The van der Waals surface area contributed by atoms with Crippen LogP contribution in [0.15, 0.2) is 0 Å². The van der Waals surface area contributed by atoms with E-state index in [1.54, 1.807) is 11.9 Å². The molecule has 1 aliphatic rings. The minimum atomic E-state index is -0.792. The number of likely N-dealkylation sites (tertiary alicyclic amines) is 1. The van der Waals surface area contributed by atoms with Crippen LogP contribution in [0.1, 0.15) is 20.3 Å². The number of nitrogens with zero attached hydrogens (tertiary/aromatic N) is 1. The lowest BCUT2D eigenvalue weighted by Gasteiger charge is -2.42. The summed E-state index contributed by atoms with van der Waals surface area (Å²) in [5, 5.41) is 11.5. The molecule has 5 nitrogen and oxygen atoms in total. The zero-order valence-electron chi connectivity index (χ0n) is 9.41.